The first-order chi connectivity index (χ1) is 7.94. The Labute approximate surface area is 108 Å². The molecule has 0 radical (unpaired) electrons. The molecule has 1 nitrogen and oxygen atoms in total. The lowest BCUT2D eigenvalue weighted by atomic mass is 9.82. The SMILES string of the molecule is CCC(C)(C)c1ccc2nc(C(C)C)sc2c1. The van der Waals surface area contributed by atoms with E-state index in [9.17, 15) is 0 Å². The minimum atomic E-state index is 0.260. The molecular weight excluding hydrogens is 226 g/mol. The first kappa shape index (κ1) is 12.6. The number of fused-ring (bicyclic) bond motifs is 1. The van der Waals surface area contributed by atoms with Crippen molar-refractivity contribution < 1.29 is 0 Å². The maximum atomic E-state index is 4.68. The Balaban J connectivity index is 2.50. The first-order valence-electron chi connectivity index (χ1n) is 6.35. The Morgan fingerprint density at radius 3 is 2.59 bits per heavy atom. The van der Waals surface area contributed by atoms with Crippen molar-refractivity contribution >= 4 is 21.6 Å². The smallest absolute Gasteiger partial charge is 0.0963 e. The average Bonchev–Trinajstić information content (AvgIpc) is 2.71. The van der Waals surface area contributed by atoms with E-state index < -0.39 is 0 Å². The Bertz CT molecular complexity index is 523. The maximum Gasteiger partial charge on any atom is 0.0963 e. The molecule has 2 rings (SSSR count). The average molecular weight is 247 g/mol. The van der Waals surface area contributed by atoms with Crippen molar-refractivity contribution in [1.82, 2.24) is 4.98 Å². The van der Waals surface area contributed by atoms with Gasteiger partial charge in [0.1, 0.15) is 0 Å². The predicted molar refractivity (Wildman–Crippen MR) is 77.0 cm³/mol. The van der Waals surface area contributed by atoms with Crippen LogP contribution in [-0.2, 0) is 5.41 Å². The molecule has 1 aromatic carbocycles. The van der Waals surface area contributed by atoms with Crippen molar-refractivity contribution in [1.29, 1.82) is 0 Å². The van der Waals surface area contributed by atoms with Gasteiger partial charge in [0.15, 0.2) is 0 Å². The Hall–Kier alpha value is -0.890. The van der Waals surface area contributed by atoms with Gasteiger partial charge in [-0.15, -0.1) is 11.3 Å². The minimum absolute atomic E-state index is 0.260. The van der Waals surface area contributed by atoms with Gasteiger partial charge in [0.05, 0.1) is 15.2 Å². The fraction of sp³-hybridized carbons (Fsp3) is 0.533. The van der Waals surface area contributed by atoms with E-state index >= 15 is 0 Å². The molecule has 0 saturated heterocycles. The molecule has 0 bridgehead atoms. The van der Waals surface area contributed by atoms with E-state index in [4.69, 9.17) is 0 Å². The third-order valence-corrected chi connectivity index (χ3v) is 4.88. The highest BCUT2D eigenvalue weighted by atomic mass is 32.1. The van der Waals surface area contributed by atoms with E-state index in [1.54, 1.807) is 0 Å². The lowest BCUT2D eigenvalue weighted by Crippen LogP contribution is -2.14. The highest BCUT2D eigenvalue weighted by molar-refractivity contribution is 7.18. The van der Waals surface area contributed by atoms with Gasteiger partial charge in [-0.1, -0.05) is 40.7 Å². The van der Waals surface area contributed by atoms with Gasteiger partial charge in [0.25, 0.3) is 0 Å². The van der Waals surface area contributed by atoms with Gasteiger partial charge in [0.2, 0.25) is 0 Å². The lowest BCUT2D eigenvalue weighted by Gasteiger charge is -2.23. The molecule has 0 aliphatic carbocycles. The molecule has 0 fully saturated rings. The van der Waals surface area contributed by atoms with Crippen LogP contribution in [0.4, 0.5) is 0 Å². The van der Waals surface area contributed by atoms with E-state index in [2.05, 4.69) is 57.8 Å². The number of thiazole rings is 1. The van der Waals surface area contributed by atoms with Gasteiger partial charge in [-0.3, -0.25) is 0 Å². The fourth-order valence-electron chi connectivity index (χ4n) is 1.81. The van der Waals surface area contributed by atoms with E-state index in [1.165, 1.54) is 15.3 Å². The van der Waals surface area contributed by atoms with Crippen LogP contribution in [0.15, 0.2) is 18.2 Å². The van der Waals surface area contributed by atoms with Crippen LogP contribution < -0.4 is 0 Å². The molecule has 17 heavy (non-hydrogen) atoms. The molecule has 0 aliphatic heterocycles. The second kappa shape index (κ2) is 4.41. The number of benzene rings is 1. The van der Waals surface area contributed by atoms with E-state index in [0.29, 0.717) is 5.92 Å². The number of hydrogen-bond acceptors (Lipinski definition) is 2. The van der Waals surface area contributed by atoms with Gasteiger partial charge < -0.3 is 0 Å². The van der Waals surface area contributed by atoms with Crippen molar-refractivity contribution in [2.75, 3.05) is 0 Å². The van der Waals surface area contributed by atoms with Crippen molar-refractivity contribution in [3.8, 4) is 0 Å². The molecule has 0 saturated carbocycles. The van der Waals surface area contributed by atoms with Gasteiger partial charge in [-0.25, -0.2) is 4.98 Å². The number of aromatic nitrogens is 1. The first-order valence-corrected chi connectivity index (χ1v) is 7.16. The summed E-state index contributed by atoms with van der Waals surface area (Å²) >= 11 is 1.84. The van der Waals surface area contributed by atoms with Crippen molar-refractivity contribution in [2.24, 2.45) is 0 Å². The summed E-state index contributed by atoms with van der Waals surface area (Å²) in [6.45, 7) is 11.3. The van der Waals surface area contributed by atoms with Crippen LogP contribution in [0.3, 0.4) is 0 Å². The zero-order valence-electron chi connectivity index (χ0n) is 11.4. The molecule has 0 amide bonds. The minimum Gasteiger partial charge on any atom is -0.241 e. The Morgan fingerprint density at radius 2 is 2.00 bits per heavy atom. The van der Waals surface area contributed by atoms with E-state index in [1.807, 2.05) is 11.3 Å². The lowest BCUT2D eigenvalue weighted by molar-refractivity contribution is 0.507. The summed E-state index contributed by atoms with van der Waals surface area (Å²) in [6, 6.07) is 6.72. The highest BCUT2D eigenvalue weighted by Crippen LogP contribution is 2.33. The van der Waals surface area contributed by atoms with Crippen LogP contribution in [0.1, 0.15) is 57.5 Å². The number of hydrogen-bond donors (Lipinski definition) is 0. The highest BCUT2D eigenvalue weighted by Gasteiger charge is 2.19. The second-order valence-corrected chi connectivity index (χ2v) is 6.69. The predicted octanol–water partition coefficient (Wildman–Crippen LogP) is 5.11. The van der Waals surface area contributed by atoms with Crippen LogP contribution in [0, 0.1) is 0 Å². The van der Waals surface area contributed by atoms with Crippen LogP contribution >= 0.6 is 11.3 Å². The summed E-state index contributed by atoms with van der Waals surface area (Å²) in [4.78, 5) is 4.68. The van der Waals surface area contributed by atoms with Crippen LogP contribution in [0.25, 0.3) is 10.2 Å². The molecule has 2 heteroatoms. The van der Waals surface area contributed by atoms with E-state index in [0.717, 1.165) is 11.9 Å². The molecule has 1 heterocycles. The van der Waals surface area contributed by atoms with Crippen molar-refractivity contribution in [3.05, 3.63) is 28.8 Å². The Morgan fingerprint density at radius 1 is 1.29 bits per heavy atom. The summed E-state index contributed by atoms with van der Waals surface area (Å²) in [5.74, 6) is 0.523. The summed E-state index contributed by atoms with van der Waals surface area (Å²) in [5.41, 5.74) is 2.83. The topological polar surface area (TPSA) is 12.9 Å². The molecule has 0 atom stereocenters. The van der Waals surface area contributed by atoms with Crippen LogP contribution in [-0.4, -0.2) is 4.98 Å². The second-order valence-electron chi connectivity index (χ2n) is 5.63. The molecular formula is C15H21NS. The molecule has 0 aliphatic rings. The quantitative estimate of drug-likeness (QED) is 0.734. The normalized spacial score (nSPS) is 12.6. The third-order valence-electron chi connectivity index (χ3n) is 3.56. The fourth-order valence-corrected chi connectivity index (χ4v) is 2.82. The summed E-state index contributed by atoms with van der Waals surface area (Å²) in [6.07, 6.45) is 1.16. The number of nitrogens with zero attached hydrogens (tertiary/aromatic N) is 1. The summed E-state index contributed by atoms with van der Waals surface area (Å²) in [7, 11) is 0. The third kappa shape index (κ3) is 2.37. The summed E-state index contributed by atoms with van der Waals surface area (Å²) in [5, 5.41) is 1.24. The molecule has 0 unspecified atom stereocenters. The Kier molecular flexibility index (Phi) is 3.26. The summed E-state index contributed by atoms with van der Waals surface area (Å²) < 4.78 is 1.33. The van der Waals surface area contributed by atoms with Crippen LogP contribution in [0.2, 0.25) is 0 Å². The maximum absolute atomic E-state index is 4.68. The van der Waals surface area contributed by atoms with Gasteiger partial charge in [-0.2, -0.15) is 0 Å². The van der Waals surface area contributed by atoms with Gasteiger partial charge >= 0.3 is 0 Å². The zero-order chi connectivity index (χ0) is 12.6. The van der Waals surface area contributed by atoms with Crippen LogP contribution in [0.5, 0.6) is 0 Å². The van der Waals surface area contributed by atoms with Gasteiger partial charge in [-0.05, 0) is 29.5 Å². The number of rotatable bonds is 3. The monoisotopic (exact) mass is 247 g/mol. The van der Waals surface area contributed by atoms with Gasteiger partial charge in [0, 0.05) is 5.92 Å². The molecule has 0 spiro atoms. The molecule has 2 aromatic rings. The molecule has 1 aromatic heterocycles. The zero-order valence-corrected chi connectivity index (χ0v) is 12.2. The standard InChI is InChI=1S/C15H21NS/c1-6-15(4,5)11-7-8-12-13(9-11)17-14(16-12)10(2)3/h7-10H,6H2,1-5H3. The van der Waals surface area contributed by atoms with Crippen molar-refractivity contribution in [3.63, 3.8) is 0 Å². The molecule has 0 N–H and O–H groups in total. The van der Waals surface area contributed by atoms with Crippen molar-refractivity contribution in [2.45, 2.75) is 52.4 Å². The van der Waals surface area contributed by atoms with E-state index in [-0.39, 0.29) is 5.41 Å². The largest absolute Gasteiger partial charge is 0.241 e. The molecule has 92 valence electrons.